The maximum absolute atomic E-state index is 5.73. The van der Waals surface area contributed by atoms with Gasteiger partial charge in [-0.1, -0.05) is 69.6 Å². The van der Waals surface area contributed by atoms with Gasteiger partial charge in [0.15, 0.2) is 0 Å². The molecule has 0 saturated heterocycles. The largest absolute Gasteiger partial charge is 0.143 e. The Morgan fingerprint density at radius 1 is 0.571 bits per heavy atom. The Bertz CT molecular complexity index is 744. The third kappa shape index (κ3) is 11.3. The standard InChI is InChI=1S/C7H6Cl2S.C7H6Cl2.C6H4Cl2S/c1-10-7-3-5(8)2-6(9)4-7;1-5-2-6(8)4-7(9)3-5;7-4-1-5(8)3-6(9)2-4/h2-4H,1H3;2-4H,1H3;1-3,9H. The monoisotopic (exact) mass is 530 g/mol. The Balaban J connectivity index is 0.000000210. The van der Waals surface area contributed by atoms with Crippen LogP contribution in [-0.2, 0) is 0 Å². The summed E-state index contributed by atoms with van der Waals surface area (Å²) in [5, 5.41) is 4.01. The van der Waals surface area contributed by atoms with E-state index in [1.54, 1.807) is 42.1 Å². The minimum absolute atomic E-state index is 0.618. The van der Waals surface area contributed by atoms with Gasteiger partial charge in [-0.05, 0) is 73.3 Å². The summed E-state index contributed by atoms with van der Waals surface area (Å²) >= 11 is 39.7. The topological polar surface area (TPSA) is 0 Å². The minimum atomic E-state index is 0.618. The van der Waals surface area contributed by atoms with Crippen LogP contribution < -0.4 is 0 Å². The van der Waals surface area contributed by atoms with Crippen molar-refractivity contribution in [3.05, 3.63) is 90.3 Å². The van der Waals surface area contributed by atoms with Gasteiger partial charge < -0.3 is 0 Å². The van der Waals surface area contributed by atoms with Crippen LogP contribution in [0.5, 0.6) is 0 Å². The lowest BCUT2D eigenvalue weighted by molar-refractivity contribution is 1.47. The molecule has 0 saturated carbocycles. The van der Waals surface area contributed by atoms with E-state index in [2.05, 4.69) is 12.6 Å². The van der Waals surface area contributed by atoms with Crippen LogP contribution in [-0.4, -0.2) is 6.26 Å². The van der Waals surface area contributed by atoms with Crippen molar-refractivity contribution in [2.24, 2.45) is 0 Å². The third-order valence-corrected chi connectivity index (χ3v) is 5.20. The summed E-state index contributed by atoms with van der Waals surface area (Å²) in [7, 11) is 0. The second kappa shape index (κ2) is 13.4. The second-order valence-electron chi connectivity index (χ2n) is 5.38. The molecule has 8 heteroatoms. The van der Waals surface area contributed by atoms with Crippen molar-refractivity contribution in [2.75, 3.05) is 6.26 Å². The Labute approximate surface area is 205 Å². The molecule has 0 heterocycles. The van der Waals surface area contributed by atoms with E-state index in [1.807, 2.05) is 37.4 Å². The van der Waals surface area contributed by atoms with Gasteiger partial charge in [0.1, 0.15) is 0 Å². The minimum Gasteiger partial charge on any atom is -0.143 e. The molecule has 0 spiro atoms. The molecule has 0 radical (unpaired) electrons. The van der Waals surface area contributed by atoms with Crippen LogP contribution in [0.2, 0.25) is 30.1 Å². The van der Waals surface area contributed by atoms with Crippen molar-refractivity contribution in [1.29, 1.82) is 0 Å². The molecular formula is C20H16Cl6S2. The molecule has 0 aliphatic carbocycles. The summed E-state index contributed by atoms with van der Waals surface area (Å²) in [5.41, 5.74) is 1.09. The van der Waals surface area contributed by atoms with Crippen molar-refractivity contribution >= 4 is 94.0 Å². The van der Waals surface area contributed by atoms with E-state index in [-0.39, 0.29) is 0 Å². The predicted molar refractivity (Wildman–Crippen MR) is 133 cm³/mol. The normalized spacial score (nSPS) is 9.75. The van der Waals surface area contributed by atoms with Crippen molar-refractivity contribution < 1.29 is 0 Å². The highest BCUT2D eigenvalue weighted by Gasteiger charge is 1.95. The molecule has 3 aromatic carbocycles. The van der Waals surface area contributed by atoms with Gasteiger partial charge >= 0.3 is 0 Å². The zero-order chi connectivity index (χ0) is 21.3. The molecule has 0 atom stereocenters. The van der Waals surface area contributed by atoms with Crippen LogP contribution in [0.3, 0.4) is 0 Å². The number of halogens is 6. The van der Waals surface area contributed by atoms with Gasteiger partial charge in [-0.15, -0.1) is 24.4 Å². The average molecular weight is 533 g/mol. The molecule has 0 aliphatic heterocycles. The first-order valence-electron chi connectivity index (χ1n) is 7.67. The van der Waals surface area contributed by atoms with Crippen LogP contribution in [0, 0.1) is 6.92 Å². The van der Waals surface area contributed by atoms with Gasteiger partial charge in [0.05, 0.1) is 0 Å². The highest BCUT2D eigenvalue weighted by atomic mass is 35.5. The molecule has 0 aliphatic rings. The molecule has 3 rings (SSSR count). The van der Waals surface area contributed by atoms with Gasteiger partial charge in [0.25, 0.3) is 0 Å². The molecule has 150 valence electrons. The fourth-order valence-electron chi connectivity index (χ4n) is 1.88. The number of benzene rings is 3. The zero-order valence-corrected chi connectivity index (χ0v) is 21.1. The van der Waals surface area contributed by atoms with E-state index in [1.165, 1.54) is 0 Å². The molecule has 0 amide bonds. The second-order valence-corrected chi connectivity index (χ2v) is 9.40. The van der Waals surface area contributed by atoms with Crippen LogP contribution in [0.4, 0.5) is 0 Å². The van der Waals surface area contributed by atoms with E-state index >= 15 is 0 Å². The lowest BCUT2D eigenvalue weighted by Gasteiger charge is -1.96. The fourth-order valence-corrected chi connectivity index (χ4v) is 4.61. The Morgan fingerprint density at radius 2 is 0.893 bits per heavy atom. The number of rotatable bonds is 1. The van der Waals surface area contributed by atoms with Gasteiger partial charge in [0, 0.05) is 39.9 Å². The van der Waals surface area contributed by atoms with E-state index in [4.69, 9.17) is 69.6 Å². The molecule has 28 heavy (non-hydrogen) atoms. The van der Waals surface area contributed by atoms with Gasteiger partial charge in [-0.3, -0.25) is 0 Å². The number of thioether (sulfide) groups is 1. The summed E-state index contributed by atoms with van der Waals surface area (Å²) < 4.78 is 0. The summed E-state index contributed by atoms with van der Waals surface area (Å²) in [5.74, 6) is 0. The molecular weight excluding hydrogens is 517 g/mol. The van der Waals surface area contributed by atoms with Crippen molar-refractivity contribution in [1.82, 2.24) is 0 Å². The molecule has 0 bridgehead atoms. The summed E-state index contributed by atoms with van der Waals surface area (Å²) in [6, 6.07) is 16.1. The lowest BCUT2D eigenvalue weighted by atomic mass is 10.2. The number of thiol groups is 1. The van der Waals surface area contributed by atoms with Gasteiger partial charge in [-0.25, -0.2) is 0 Å². The van der Waals surface area contributed by atoms with E-state index in [0.29, 0.717) is 30.1 Å². The number of aryl methyl sites for hydroxylation is 1. The smallest absolute Gasteiger partial charge is 0.0431 e. The fraction of sp³-hybridized carbons (Fsp3) is 0.100. The highest BCUT2D eigenvalue weighted by molar-refractivity contribution is 7.98. The van der Waals surface area contributed by atoms with Crippen LogP contribution in [0.15, 0.2) is 64.4 Å². The van der Waals surface area contributed by atoms with Crippen molar-refractivity contribution in [3.63, 3.8) is 0 Å². The SMILES string of the molecule is CSc1cc(Cl)cc(Cl)c1.Cc1cc(Cl)cc(Cl)c1.Sc1cc(Cl)cc(Cl)c1. The quantitative estimate of drug-likeness (QED) is 0.240. The average Bonchev–Trinajstić information content (AvgIpc) is 2.52. The summed E-state index contributed by atoms with van der Waals surface area (Å²) in [6.45, 7) is 1.96. The highest BCUT2D eigenvalue weighted by Crippen LogP contribution is 2.24. The molecule has 0 aromatic heterocycles. The lowest BCUT2D eigenvalue weighted by Crippen LogP contribution is -1.70. The first-order chi connectivity index (χ1) is 13.1. The van der Waals surface area contributed by atoms with Gasteiger partial charge in [0.2, 0.25) is 0 Å². The van der Waals surface area contributed by atoms with Crippen molar-refractivity contribution in [2.45, 2.75) is 16.7 Å². The molecule has 0 nitrogen and oxygen atoms in total. The number of hydrogen-bond acceptors (Lipinski definition) is 2. The Hall–Kier alpha value is 0.1000. The Kier molecular flexibility index (Phi) is 12.5. The molecule has 0 fully saturated rings. The van der Waals surface area contributed by atoms with Crippen molar-refractivity contribution in [3.8, 4) is 0 Å². The van der Waals surface area contributed by atoms with Crippen LogP contribution in [0.25, 0.3) is 0 Å². The first-order valence-corrected chi connectivity index (χ1v) is 11.6. The summed E-state index contributed by atoms with van der Waals surface area (Å²) in [4.78, 5) is 1.88. The van der Waals surface area contributed by atoms with E-state index < -0.39 is 0 Å². The maximum Gasteiger partial charge on any atom is 0.0431 e. The van der Waals surface area contributed by atoms with Crippen LogP contribution in [0.1, 0.15) is 5.56 Å². The summed E-state index contributed by atoms with van der Waals surface area (Å²) in [6.07, 6.45) is 1.99. The molecule has 0 unspecified atom stereocenters. The third-order valence-electron chi connectivity index (χ3n) is 2.93. The molecule has 0 N–H and O–H groups in total. The van der Waals surface area contributed by atoms with Gasteiger partial charge in [-0.2, -0.15) is 0 Å². The van der Waals surface area contributed by atoms with E-state index in [0.717, 1.165) is 15.4 Å². The first kappa shape index (κ1) is 26.1. The Morgan fingerprint density at radius 3 is 1.18 bits per heavy atom. The molecule has 3 aromatic rings. The maximum atomic E-state index is 5.73. The van der Waals surface area contributed by atoms with E-state index in [9.17, 15) is 0 Å². The predicted octanol–water partition coefficient (Wildman–Crippen LogP) is 10.3. The van der Waals surface area contributed by atoms with Crippen LogP contribution >= 0.6 is 94.0 Å². The zero-order valence-electron chi connectivity index (χ0n) is 14.8. The number of hydrogen-bond donors (Lipinski definition) is 1.